The summed E-state index contributed by atoms with van der Waals surface area (Å²) in [6.45, 7) is 0. The molecule has 3 N–H and O–H groups in total. The Morgan fingerprint density at radius 2 is 1.91 bits per heavy atom. The molecule has 2 aromatic carbocycles. The zero-order chi connectivity index (χ0) is 16.2. The number of para-hydroxylation sites is 2. The molecular weight excluding hydrogens is 292 g/mol. The molecule has 0 amide bonds. The molecule has 5 heteroatoms. The summed E-state index contributed by atoms with van der Waals surface area (Å²) in [5.41, 5.74) is 8.23. The number of aldehydes is 1. The maximum Gasteiger partial charge on any atom is 0.328 e. The minimum atomic E-state index is -0.811. The Labute approximate surface area is 133 Å². The second-order valence-corrected chi connectivity index (χ2v) is 5.25. The van der Waals surface area contributed by atoms with Crippen molar-refractivity contribution in [3.05, 3.63) is 65.9 Å². The largest absolute Gasteiger partial charge is 0.425 e. The molecule has 1 heterocycles. The Hall–Kier alpha value is -2.92. The number of rotatable bonds is 5. The van der Waals surface area contributed by atoms with Crippen LogP contribution in [0.15, 0.2) is 54.7 Å². The number of aromatic amines is 1. The van der Waals surface area contributed by atoms with Crippen molar-refractivity contribution in [3.63, 3.8) is 0 Å². The molecule has 1 atom stereocenters. The van der Waals surface area contributed by atoms with E-state index in [-0.39, 0.29) is 5.75 Å². The number of hydrogen-bond donors (Lipinski definition) is 2. The van der Waals surface area contributed by atoms with E-state index in [1.54, 1.807) is 24.3 Å². The maximum absolute atomic E-state index is 12.2. The minimum absolute atomic E-state index is 0.224. The fraction of sp³-hybridized carbons (Fsp3) is 0.111. The highest BCUT2D eigenvalue weighted by molar-refractivity contribution is 5.86. The summed E-state index contributed by atoms with van der Waals surface area (Å²) in [7, 11) is 0. The number of H-pyrrole nitrogens is 1. The van der Waals surface area contributed by atoms with E-state index in [9.17, 15) is 9.59 Å². The number of aromatic nitrogens is 1. The molecule has 116 valence electrons. The third kappa shape index (κ3) is 3.14. The zero-order valence-corrected chi connectivity index (χ0v) is 12.4. The topological polar surface area (TPSA) is 85.2 Å². The summed E-state index contributed by atoms with van der Waals surface area (Å²) in [5, 5.41) is 1.03. The number of esters is 1. The van der Waals surface area contributed by atoms with Gasteiger partial charge in [-0.2, -0.15) is 0 Å². The van der Waals surface area contributed by atoms with E-state index < -0.39 is 12.0 Å². The average Bonchev–Trinajstić information content (AvgIpc) is 2.98. The molecule has 0 radical (unpaired) electrons. The highest BCUT2D eigenvalue weighted by Crippen LogP contribution is 2.20. The lowest BCUT2D eigenvalue weighted by atomic mass is 10.1. The summed E-state index contributed by atoms with van der Waals surface area (Å²) in [5.74, 6) is -0.341. The van der Waals surface area contributed by atoms with Crippen molar-refractivity contribution in [1.82, 2.24) is 4.98 Å². The second kappa shape index (κ2) is 6.46. The van der Waals surface area contributed by atoms with Gasteiger partial charge in [0.05, 0.1) is 5.56 Å². The van der Waals surface area contributed by atoms with Gasteiger partial charge in [0.1, 0.15) is 11.8 Å². The smallest absolute Gasteiger partial charge is 0.328 e. The van der Waals surface area contributed by atoms with Crippen LogP contribution in [0.4, 0.5) is 0 Å². The lowest BCUT2D eigenvalue weighted by molar-refractivity contribution is -0.135. The van der Waals surface area contributed by atoms with Gasteiger partial charge < -0.3 is 15.5 Å². The van der Waals surface area contributed by atoms with Crippen LogP contribution in [0.5, 0.6) is 5.75 Å². The molecule has 0 saturated carbocycles. The predicted octanol–water partition coefficient (Wildman–Crippen LogP) is 2.46. The number of benzene rings is 2. The molecule has 0 spiro atoms. The van der Waals surface area contributed by atoms with E-state index in [0.717, 1.165) is 16.5 Å². The Kier molecular flexibility index (Phi) is 4.21. The van der Waals surface area contributed by atoms with Crippen LogP contribution in [0.1, 0.15) is 15.9 Å². The van der Waals surface area contributed by atoms with E-state index in [4.69, 9.17) is 10.5 Å². The Morgan fingerprint density at radius 3 is 2.74 bits per heavy atom. The lowest BCUT2D eigenvalue weighted by Gasteiger charge is -2.12. The van der Waals surface area contributed by atoms with Crippen LogP contribution in [-0.4, -0.2) is 23.3 Å². The number of nitrogens with one attached hydrogen (secondary N) is 1. The van der Waals surface area contributed by atoms with Crippen molar-refractivity contribution in [2.75, 3.05) is 0 Å². The number of hydrogen-bond acceptors (Lipinski definition) is 4. The molecule has 0 aliphatic rings. The minimum Gasteiger partial charge on any atom is -0.425 e. The molecule has 0 unspecified atom stereocenters. The molecule has 0 fully saturated rings. The standard InChI is InChI=1S/C18H16N2O3/c19-15(9-13-10-20-16-7-3-2-6-14(13)16)18(22)23-17-8-4-1-5-12(17)11-21/h1-8,10-11,15,20H,9,19H2/t15-/m0/s1. The Morgan fingerprint density at radius 1 is 1.17 bits per heavy atom. The van der Waals surface area contributed by atoms with Gasteiger partial charge in [0, 0.05) is 23.5 Å². The zero-order valence-electron chi connectivity index (χ0n) is 12.4. The first-order valence-corrected chi connectivity index (χ1v) is 7.25. The summed E-state index contributed by atoms with van der Waals surface area (Å²) in [4.78, 5) is 26.3. The van der Waals surface area contributed by atoms with Crippen molar-refractivity contribution >= 4 is 23.2 Å². The first-order chi connectivity index (χ1) is 11.2. The third-order valence-corrected chi connectivity index (χ3v) is 3.67. The van der Waals surface area contributed by atoms with Gasteiger partial charge in [-0.25, -0.2) is 4.79 Å². The monoisotopic (exact) mass is 308 g/mol. The fourth-order valence-corrected chi connectivity index (χ4v) is 2.48. The lowest BCUT2D eigenvalue weighted by Crippen LogP contribution is -2.36. The molecule has 0 aliphatic carbocycles. The molecule has 5 nitrogen and oxygen atoms in total. The van der Waals surface area contributed by atoms with Crippen LogP contribution in [0.25, 0.3) is 10.9 Å². The van der Waals surface area contributed by atoms with Crippen molar-refractivity contribution in [2.24, 2.45) is 5.73 Å². The van der Waals surface area contributed by atoms with Gasteiger partial charge in [-0.15, -0.1) is 0 Å². The van der Waals surface area contributed by atoms with Gasteiger partial charge >= 0.3 is 5.97 Å². The molecule has 0 aliphatic heterocycles. The molecule has 3 rings (SSSR count). The van der Waals surface area contributed by atoms with Crippen LogP contribution in [0.3, 0.4) is 0 Å². The fourth-order valence-electron chi connectivity index (χ4n) is 2.48. The van der Waals surface area contributed by atoms with Gasteiger partial charge in [-0.3, -0.25) is 4.79 Å². The van der Waals surface area contributed by atoms with Crippen molar-refractivity contribution in [2.45, 2.75) is 12.5 Å². The van der Waals surface area contributed by atoms with Crippen LogP contribution in [0.2, 0.25) is 0 Å². The van der Waals surface area contributed by atoms with E-state index >= 15 is 0 Å². The number of ether oxygens (including phenoxy) is 1. The van der Waals surface area contributed by atoms with Crippen LogP contribution in [-0.2, 0) is 11.2 Å². The molecule has 23 heavy (non-hydrogen) atoms. The highest BCUT2D eigenvalue weighted by Gasteiger charge is 2.19. The van der Waals surface area contributed by atoms with Gasteiger partial charge in [0.2, 0.25) is 0 Å². The van der Waals surface area contributed by atoms with Crippen LogP contribution >= 0.6 is 0 Å². The summed E-state index contributed by atoms with van der Waals surface area (Å²) >= 11 is 0. The number of carbonyl (C=O) groups is 2. The normalized spacial score (nSPS) is 12.0. The molecule has 0 bridgehead atoms. The van der Waals surface area contributed by atoms with E-state index in [1.807, 2.05) is 30.5 Å². The maximum atomic E-state index is 12.2. The van der Waals surface area contributed by atoms with Crippen molar-refractivity contribution in [3.8, 4) is 5.75 Å². The number of fused-ring (bicyclic) bond motifs is 1. The Balaban J connectivity index is 1.74. The Bertz CT molecular complexity index is 854. The summed E-state index contributed by atoms with van der Waals surface area (Å²) < 4.78 is 5.25. The number of nitrogens with two attached hydrogens (primary N) is 1. The molecular formula is C18H16N2O3. The van der Waals surface area contributed by atoms with Gasteiger partial charge in [-0.1, -0.05) is 30.3 Å². The van der Waals surface area contributed by atoms with Crippen molar-refractivity contribution < 1.29 is 14.3 Å². The first kappa shape index (κ1) is 15.0. The average molecular weight is 308 g/mol. The first-order valence-electron chi connectivity index (χ1n) is 7.25. The molecule has 0 saturated heterocycles. The van der Waals surface area contributed by atoms with E-state index in [1.165, 1.54) is 0 Å². The SMILES string of the molecule is N[C@@H](Cc1c[nH]c2ccccc12)C(=O)Oc1ccccc1C=O. The summed E-state index contributed by atoms with van der Waals surface area (Å²) in [6, 6.07) is 13.5. The van der Waals surface area contributed by atoms with Gasteiger partial charge in [0.25, 0.3) is 0 Å². The molecule has 1 aromatic heterocycles. The molecule has 3 aromatic rings. The van der Waals surface area contributed by atoms with Crippen molar-refractivity contribution in [1.29, 1.82) is 0 Å². The summed E-state index contributed by atoms with van der Waals surface area (Å²) in [6.07, 6.45) is 2.84. The van der Waals surface area contributed by atoms with E-state index in [0.29, 0.717) is 18.3 Å². The van der Waals surface area contributed by atoms with Gasteiger partial charge in [-0.05, 0) is 23.8 Å². The quantitative estimate of drug-likeness (QED) is 0.431. The predicted molar refractivity (Wildman–Crippen MR) is 87.4 cm³/mol. The van der Waals surface area contributed by atoms with Gasteiger partial charge in [0.15, 0.2) is 6.29 Å². The third-order valence-electron chi connectivity index (χ3n) is 3.67. The second-order valence-electron chi connectivity index (χ2n) is 5.25. The van der Waals surface area contributed by atoms with E-state index in [2.05, 4.69) is 4.98 Å². The number of carbonyl (C=O) groups excluding carboxylic acids is 2. The van der Waals surface area contributed by atoms with Crippen LogP contribution in [0, 0.1) is 0 Å². The highest BCUT2D eigenvalue weighted by atomic mass is 16.5. The van der Waals surface area contributed by atoms with Crippen LogP contribution < -0.4 is 10.5 Å².